The van der Waals surface area contributed by atoms with Crippen molar-refractivity contribution in [2.45, 2.75) is 50.4 Å². The van der Waals surface area contributed by atoms with E-state index in [-0.39, 0.29) is 5.41 Å². The van der Waals surface area contributed by atoms with Gasteiger partial charge in [-0.3, -0.25) is 0 Å². The van der Waals surface area contributed by atoms with Gasteiger partial charge < -0.3 is 9.47 Å². The molecule has 10 aromatic carbocycles. The molecule has 0 N–H and O–H groups in total. The molecule has 0 saturated heterocycles. The van der Waals surface area contributed by atoms with Crippen LogP contribution < -0.4 is 4.90 Å². The number of fused-ring (bicyclic) bond motifs is 12. The highest BCUT2D eigenvalue weighted by Gasteiger charge is 2.62. The first-order valence-electron chi connectivity index (χ1n) is 27.1. The first-order chi connectivity index (χ1) is 36.5. The fourth-order valence-corrected chi connectivity index (χ4v) is 15.6. The summed E-state index contributed by atoms with van der Waals surface area (Å²) in [6.07, 6.45) is 5.08. The third kappa shape index (κ3) is 6.18. The molecule has 0 atom stereocenters. The van der Waals surface area contributed by atoms with Gasteiger partial charge in [-0.1, -0.05) is 196 Å². The van der Waals surface area contributed by atoms with Gasteiger partial charge in [-0.05, 0) is 177 Å². The predicted molar refractivity (Wildman–Crippen MR) is 308 cm³/mol. The molecular formula is C72H58N2. The first kappa shape index (κ1) is 43.4. The monoisotopic (exact) mass is 950 g/mol. The van der Waals surface area contributed by atoms with E-state index in [1.54, 1.807) is 11.1 Å². The predicted octanol–water partition coefficient (Wildman–Crippen LogP) is 18.6. The van der Waals surface area contributed by atoms with Crippen LogP contribution in [0.25, 0.3) is 60.9 Å². The summed E-state index contributed by atoms with van der Waals surface area (Å²) in [7, 11) is 0. The molecule has 2 bridgehead atoms. The summed E-state index contributed by atoms with van der Waals surface area (Å²) in [6, 6.07) is 92.1. The molecule has 356 valence electrons. The van der Waals surface area contributed by atoms with Crippen LogP contribution in [-0.2, 0) is 10.8 Å². The molecule has 2 spiro atoms. The Labute approximate surface area is 435 Å². The van der Waals surface area contributed by atoms with E-state index < -0.39 is 5.41 Å². The van der Waals surface area contributed by atoms with E-state index in [1.807, 2.05) is 0 Å². The summed E-state index contributed by atoms with van der Waals surface area (Å²) in [4.78, 5) is 2.52. The smallest absolute Gasteiger partial charge is 0.0720 e. The van der Waals surface area contributed by atoms with Crippen molar-refractivity contribution >= 4 is 38.9 Å². The molecule has 15 rings (SSSR count). The Kier molecular flexibility index (Phi) is 9.77. The largest absolute Gasteiger partial charge is 0.310 e. The molecule has 11 aromatic rings. The van der Waals surface area contributed by atoms with E-state index in [0.29, 0.717) is 11.8 Å². The zero-order chi connectivity index (χ0) is 49.1. The summed E-state index contributed by atoms with van der Waals surface area (Å²) < 4.78 is 2.39. The molecule has 0 aliphatic heterocycles. The van der Waals surface area contributed by atoms with Gasteiger partial charge in [0.05, 0.1) is 16.4 Å². The Hall–Kier alpha value is -8.20. The van der Waals surface area contributed by atoms with E-state index >= 15 is 0 Å². The van der Waals surface area contributed by atoms with Gasteiger partial charge in [-0.25, -0.2) is 0 Å². The number of nitrogens with zero attached hydrogens (tertiary/aromatic N) is 2. The molecule has 2 fully saturated rings. The van der Waals surface area contributed by atoms with E-state index in [4.69, 9.17) is 0 Å². The minimum atomic E-state index is -0.485. The molecule has 74 heavy (non-hydrogen) atoms. The highest BCUT2D eigenvalue weighted by Crippen LogP contribution is 2.69. The molecule has 4 aliphatic rings. The molecule has 0 unspecified atom stereocenters. The Morgan fingerprint density at radius 2 is 0.757 bits per heavy atom. The zero-order valence-corrected chi connectivity index (χ0v) is 42.1. The van der Waals surface area contributed by atoms with Crippen molar-refractivity contribution in [3.63, 3.8) is 0 Å². The molecule has 2 saturated carbocycles. The van der Waals surface area contributed by atoms with E-state index in [2.05, 4.69) is 266 Å². The number of aromatic nitrogens is 1. The normalized spacial score (nSPS) is 20.8. The lowest BCUT2D eigenvalue weighted by Crippen LogP contribution is -2.56. The molecular weight excluding hydrogens is 893 g/mol. The van der Waals surface area contributed by atoms with E-state index in [0.717, 1.165) is 28.9 Å². The van der Waals surface area contributed by atoms with Crippen LogP contribution in [0.4, 0.5) is 17.1 Å². The van der Waals surface area contributed by atoms with Crippen LogP contribution in [0.5, 0.6) is 0 Å². The third-order valence-electron chi connectivity index (χ3n) is 18.3. The molecule has 1 heterocycles. The average Bonchev–Trinajstić information content (AvgIpc) is 3.96. The van der Waals surface area contributed by atoms with Crippen LogP contribution in [0.3, 0.4) is 0 Å². The Morgan fingerprint density at radius 1 is 0.351 bits per heavy atom. The second-order valence-electron chi connectivity index (χ2n) is 22.2. The molecule has 1 aromatic heterocycles. The van der Waals surface area contributed by atoms with Gasteiger partial charge in [0.1, 0.15) is 0 Å². The summed E-state index contributed by atoms with van der Waals surface area (Å²) in [5, 5.41) is 2.55. The van der Waals surface area contributed by atoms with Crippen LogP contribution in [0.15, 0.2) is 243 Å². The SMILES string of the molecule is C[C@H]1C[C@@H]2C[C@@H](C)C[C@H](C1)C21c2ccccc2C2(c3ccccc3-c3ccccc32)c2cc(N(c3ccc(-c4ccccc4)cc3)c3ccc(-c4ccc(-n5c6ccccc6c6ccccc65)cc4)cc3)ccc21. The Morgan fingerprint density at radius 3 is 1.30 bits per heavy atom. The molecule has 0 amide bonds. The second-order valence-corrected chi connectivity index (χ2v) is 22.2. The van der Waals surface area contributed by atoms with Crippen molar-refractivity contribution in [1.29, 1.82) is 0 Å². The first-order valence-corrected chi connectivity index (χ1v) is 27.1. The molecule has 4 aliphatic carbocycles. The van der Waals surface area contributed by atoms with E-state index in [9.17, 15) is 0 Å². The van der Waals surface area contributed by atoms with Crippen molar-refractivity contribution in [3.8, 4) is 39.1 Å². The van der Waals surface area contributed by atoms with Crippen LogP contribution in [-0.4, -0.2) is 4.57 Å². The lowest BCUT2D eigenvalue weighted by molar-refractivity contribution is 0.0238. The van der Waals surface area contributed by atoms with E-state index in [1.165, 1.54) is 109 Å². The van der Waals surface area contributed by atoms with Gasteiger partial charge in [0.25, 0.3) is 0 Å². The summed E-state index contributed by atoms with van der Waals surface area (Å²) >= 11 is 0. The number of hydrogen-bond donors (Lipinski definition) is 0. The molecule has 2 nitrogen and oxygen atoms in total. The lowest BCUT2D eigenvalue weighted by Gasteiger charge is -2.61. The number of anilines is 3. The standard InChI is InChI=1S/C72H58N2/c1-47-42-53-44-48(2)45-54(43-47)71(53)65-24-12-13-25-66(65)72(63-22-10-6-18-59(63)60-19-7-11-23-64(60)72)68-46-58(40-41-67(68)71)73(55-34-28-50(29-35-55)49-16-4-3-5-17-49)56-36-30-51(31-37-56)52-32-38-57(39-33-52)74-69-26-14-8-20-61(69)62-21-9-15-27-70(62)74/h3-41,46-48,53-54H,42-45H2,1-2H3/t47-,48+,53+,54-,71?. The van der Waals surface area contributed by atoms with Gasteiger partial charge in [0.2, 0.25) is 0 Å². The van der Waals surface area contributed by atoms with Crippen LogP contribution in [0, 0.1) is 23.7 Å². The number of benzene rings is 10. The Balaban J connectivity index is 0.915. The minimum Gasteiger partial charge on any atom is -0.310 e. The van der Waals surface area contributed by atoms with Crippen molar-refractivity contribution in [2.24, 2.45) is 23.7 Å². The van der Waals surface area contributed by atoms with Crippen LogP contribution in [0.2, 0.25) is 0 Å². The fourth-order valence-electron chi connectivity index (χ4n) is 15.6. The maximum absolute atomic E-state index is 2.65. The zero-order valence-electron chi connectivity index (χ0n) is 42.1. The maximum Gasteiger partial charge on any atom is 0.0720 e. The van der Waals surface area contributed by atoms with Gasteiger partial charge in [-0.2, -0.15) is 0 Å². The topological polar surface area (TPSA) is 8.17 Å². The average molecular weight is 951 g/mol. The molecule has 2 heteroatoms. The maximum atomic E-state index is 2.65. The van der Waals surface area contributed by atoms with Crippen molar-refractivity contribution in [1.82, 2.24) is 4.57 Å². The fraction of sp³-hybridized carbons (Fsp3) is 0.167. The highest BCUT2D eigenvalue weighted by atomic mass is 15.1. The van der Waals surface area contributed by atoms with Crippen molar-refractivity contribution < 1.29 is 0 Å². The summed E-state index contributed by atoms with van der Waals surface area (Å²) in [5.74, 6) is 2.58. The van der Waals surface area contributed by atoms with Crippen molar-refractivity contribution in [3.05, 3.63) is 276 Å². The highest BCUT2D eigenvalue weighted by molar-refractivity contribution is 6.09. The number of hydrogen-bond acceptors (Lipinski definition) is 1. The quantitative estimate of drug-likeness (QED) is 0.161. The van der Waals surface area contributed by atoms with Crippen LogP contribution >= 0.6 is 0 Å². The number of rotatable bonds is 6. The van der Waals surface area contributed by atoms with Gasteiger partial charge >= 0.3 is 0 Å². The Bertz CT molecular complexity index is 3820. The molecule has 0 radical (unpaired) electrons. The minimum absolute atomic E-state index is 0.0674. The van der Waals surface area contributed by atoms with Gasteiger partial charge in [0.15, 0.2) is 0 Å². The van der Waals surface area contributed by atoms with Gasteiger partial charge in [-0.15, -0.1) is 0 Å². The summed E-state index contributed by atoms with van der Waals surface area (Å²) in [6.45, 7) is 5.06. The van der Waals surface area contributed by atoms with Crippen molar-refractivity contribution in [2.75, 3.05) is 4.90 Å². The van der Waals surface area contributed by atoms with Gasteiger partial charge in [0, 0.05) is 38.9 Å². The lowest BCUT2D eigenvalue weighted by atomic mass is 9.41. The number of para-hydroxylation sites is 2. The summed E-state index contributed by atoms with van der Waals surface area (Å²) in [5.41, 5.74) is 22.9. The van der Waals surface area contributed by atoms with Crippen LogP contribution in [0.1, 0.15) is 72.9 Å². The third-order valence-corrected chi connectivity index (χ3v) is 18.3. The second kappa shape index (κ2) is 16.7.